The van der Waals surface area contributed by atoms with Crippen LogP contribution in [-0.4, -0.2) is 57.4 Å². The minimum atomic E-state index is -0.0195. The van der Waals surface area contributed by atoms with Crippen molar-refractivity contribution in [3.63, 3.8) is 0 Å². The van der Waals surface area contributed by atoms with Crippen LogP contribution in [-0.2, 0) is 4.74 Å². The number of amides is 1. The molecule has 1 N–H and O–H groups in total. The van der Waals surface area contributed by atoms with Crippen molar-refractivity contribution >= 4 is 32.6 Å². The molecule has 1 fully saturated rings. The van der Waals surface area contributed by atoms with Crippen molar-refractivity contribution in [2.45, 2.75) is 6.92 Å². The van der Waals surface area contributed by atoms with E-state index in [4.69, 9.17) is 14.5 Å². The molecule has 29 heavy (non-hydrogen) atoms. The van der Waals surface area contributed by atoms with Gasteiger partial charge in [-0.05, 0) is 30.7 Å². The molecule has 0 atom stereocenters. The number of quaternary nitrogens is 1. The third-order valence-electron chi connectivity index (χ3n) is 5.30. The van der Waals surface area contributed by atoms with Crippen molar-refractivity contribution in [3.8, 4) is 5.75 Å². The molecule has 0 unspecified atom stereocenters. The summed E-state index contributed by atoms with van der Waals surface area (Å²) in [4.78, 5) is 21.5. The number of anilines is 1. The number of nitrogens with zero attached hydrogens (tertiary/aromatic N) is 2. The third-order valence-corrected chi connectivity index (χ3v) is 6.51. The highest BCUT2D eigenvalue weighted by molar-refractivity contribution is 7.22. The van der Waals surface area contributed by atoms with Gasteiger partial charge in [0.25, 0.3) is 5.91 Å². The van der Waals surface area contributed by atoms with Crippen LogP contribution in [0.3, 0.4) is 0 Å². The van der Waals surface area contributed by atoms with E-state index in [-0.39, 0.29) is 5.91 Å². The summed E-state index contributed by atoms with van der Waals surface area (Å²) in [5, 5.41) is 0.717. The van der Waals surface area contributed by atoms with Crippen LogP contribution >= 0.6 is 11.3 Å². The van der Waals surface area contributed by atoms with E-state index in [0.717, 1.165) is 54.4 Å². The summed E-state index contributed by atoms with van der Waals surface area (Å²) in [5.74, 6) is 0.716. The lowest BCUT2D eigenvalue weighted by Crippen LogP contribution is -3.14. The minimum absolute atomic E-state index is 0.0195. The maximum absolute atomic E-state index is 13.4. The maximum atomic E-state index is 13.4. The van der Waals surface area contributed by atoms with Gasteiger partial charge in [0.15, 0.2) is 5.13 Å². The second-order valence-electron chi connectivity index (χ2n) is 7.19. The van der Waals surface area contributed by atoms with Crippen molar-refractivity contribution in [2.75, 3.05) is 51.4 Å². The summed E-state index contributed by atoms with van der Waals surface area (Å²) in [6.45, 7) is 7.04. The van der Waals surface area contributed by atoms with Crippen molar-refractivity contribution in [1.29, 1.82) is 0 Å². The highest BCUT2D eigenvalue weighted by Gasteiger charge is 2.25. The molecule has 2 heterocycles. The number of fused-ring (bicyclic) bond motifs is 1. The number of morpholine rings is 1. The molecule has 152 valence electrons. The van der Waals surface area contributed by atoms with Crippen LogP contribution in [0.25, 0.3) is 10.2 Å². The molecule has 1 saturated heterocycles. The van der Waals surface area contributed by atoms with Gasteiger partial charge in [0.05, 0.1) is 38.1 Å². The first kappa shape index (κ1) is 19.8. The van der Waals surface area contributed by atoms with E-state index in [0.29, 0.717) is 17.2 Å². The average molecular weight is 413 g/mol. The lowest BCUT2D eigenvalue weighted by molar-refractivity contribution is -0.906. The molecule has 0 saturated carbocycles. The number of carbonyl (C=O) groups is 1. The number of hydrogen-bond acceptors (Lipinski definition) is 5. The lowest BCUT2D eigenvalue weighted by Gasteiger charge is -2.26. The van der Waals surface area contributed by atoms with Crippen LogP contribution < -0.4 is 14.5 Å². The van der Waals surface area contributed by atoms with Crippen LogP contribution in [0.1, 0.15) is 15.9 Å². The molecule has 1 aromatic heterocycles. The standard InChI is InChI=1S/C22H25N3O3S/c1-16-8-9-18(27-2)19-20(16)29-22(23-19)25(11-10-24-12-14-28-15-13-24)21(26)17-6-4-3-5-7-17/h3-9H,10-15H2,1-2H3/p+1. The highest BCUT2D eigenvalue weighted by atomic mass is 32.1. The smallest absolute Gasteiger partial charge is 0.260 e. The number of aromatic nitrogens is 1. The van der Waals surface area contributed by atoms with Crippen LogP contribution in [0.4, 0.5) is 5.13 Å². The number of methoxy groups -OCH3 is 1. The van der Waals surface area contributed by atoms with Gasteiger partial charge in [-0.1, -0.05) is 35.6 Å². The summed E-state index contributed by atoms with van der Waals surface area (Å²) in [6, 6.07) is 13.4. The Balaban J connectivity index is 1.68. The zero-order valence-corrected chi connectivity index (χ0v) is 17.6. The molecular formula is C22H26N3O3S+. The summed E-state index contributed by atoms with van der Waals surface area (Å²) < 4.78 is 12.0. The Kier molecular flexibility index (Phi) is 6.08. The van der Waals surface area contributed by atoms with Crippen LogP contribution in [0.15, 0.2) is 42.5 Å². The predicted octanol–water partition coefficient (Wildman–Crippen LogP) is 2.18. The summed E-state index contributed by atoms with van der Waals surface area (Å²) >= 11 is 1.55. The molecule has 4 rings (SSSR count). The van der Waals surface area contributed by atoms with Crippen molar-refractivity contribution < 1.29 is 19.2 Å². The zero-order valence-electron chi connectivity index (χ0n) is 16.8. The number of benzene rings is 2. The fraction of sp³-hybridized carbons (Fsp3) is 0.364. The van der Waals surface area contributed by atoms with E-state index in [1.54, 1.807) is 18.4 Å². The second-order valence-corrected chi connectivity index (χ2v) is 8.17. The van der Waals surface area contributed by atoms with Gasteiger partial charge >= 0.3 is 0 Å². The maximum Gasteiger partial charge on any atom is 0.260 e. The highest BCUT2D eigenvalue weighted by Crippen LogP contribution is 2.36. The number of carbonyl (C=O) groups excluding carboxylic acids is 1. The molecule has 0 aliphatic carbocycles. The van der Waals surface area contributed by atoms with E-state index in [9.17, 15) is 4.79 Å². The molecule has 1 aliphatic heterocycles. The summed E-state index contributed by atoms with van der Waals surface area (Å²) in [7, 11) is 1.65. The Morgan fingerprint density at radius 3 is 2.69 bits per heavy atom. The molecule has 7 heteroatoms. The predicted molar refractivity (Wildman–Crippen MR) is 115 cm³/mol. The Morgan fingerprint density at radius 2 is 1.97 bits per heavy atom. The first-order valence-electron chi connectivity index (χ1n) is 9.89. The van der Waals surface area contributed by atoms with Crippen LogP contribution in [0, 0.1) is 6.92 Å². The topological polar surface area (TPSA) is 56.1 Å². The number of thiazole rings is 1. The van der Waals surface area contributed by atoms with Crippen molar-refractivity contribution in [1.82, 2.24) is 4.98 Å². The monoisotopic (exact) mass is 412 g/mol. The molecular weight excluding hydrogens is 386 g/mol. The fourth-order valence-corrected chi connectivity index (χ4v) is 4.66. The van der Waals surface area contributed by atoms with Gasteiger partial charge < -0.3 is 14.4 Å². The molecule has 0 radical (unpaired) electrons. The lowest BCUT2D eigenvalue weighted by atomic mass is 10.2. The first-order valence-corrected chi connectivity index (χ1v) is 10.7. The van der Waals surface area contributed by atoms with Crippen molar-refractivity contribution in [2.24, 2.45) is 0 Å². The third kappa shape index (κ3) is 4.27. The van der Waals surface area contributed by atoms with Gasteiger partial charge in [0, 0.05) is 5.56 Å². The Labute approximate surface area is 174 Å². The van der Waals surface area contributed by atoms with Crippen LogP contribution in [0.5, 0.6) is 5.75 Å². The van der Waals surface area contributed by atoms with Gasteiger partial charge in [-0.15, -0.1) is 0 Å². The molecule has 6 nitrogen and oxygen atoms in total. The zero-order chi connectivity index (χ0) is 20.2. The van der Waals surface area contributed by atoms with E-state index in [1.807, 2.05) is 47.4 Å². The number of hydrogen-bond donors (Lipinski definition) is 1. The fourth-order valence-electron chi connectivity index (χ4n) is 3.58. The first-order chi connectivity index (χ1) is 14.2. The normalized spacial score (nSPS) is 14.8. The molecule has 1 amide bonds. The average Bonchev–Trinajstić information content (AvgIpc) is 3.21. The van der Waals surface area contributed by atoms with E-state index in [1.165, 1.54) is 4.90 Å². The van der Waals surface area contributed by atoms with Gasteiger partial charge in [-0.25, -0.2) is 4.98 Å². The summed E-state index contributed by atoms with van der Waals surface area (Å²) in [6.07, 6.45) is 0. The number of ether oxygens (including phenoxy) is 2. The SMILES string of the molecule is COc1ccc(C)c2sc(N(CC[NH+]3CCOCC3)C(=O)c3ccccc3)nc12. The van der Waals surface area contributed by atoms with Gasteiger partial charge in [-0.2, -0.15) is 0 Å². The number of rotatable bonds is 6. The summed E-state index contributed by atoms with van der Waals surface area (Å²) in [5.41, 5.74) is 2.62. The molecule has 0 bridgehead atoms. The number of aryl methyl sites for hydroxylation is 1. The van der Waals surface area contributed by atoms with E-state index in [2.05, 4.69) is 6.92 Å². The molecule has 3 aromatic rings. The Morgan fingerprint density at radius 1 is 1.21 bits per heavy atom. The minimum Gasteiger partial charge on any atom is -0.494 e. The van der Waals surface area contributed by atoms with Crippen LogP contribution in [0.2, 0.25) is 0 Å². The molecule has 1 aliphatic rings. The Hall–Kier alpha value is -2.48. The molecule has 2 aromatic carbocycles. The number of nitrogens with one attached hydrogen (secondary N) is 1. The molecule has 0 spiro atoms. The van der Waals surface area contributed by atoms with E-state index >= 15 is 0 Å². The Bertz CT molecular complexity index is 984. The van der Waals surface area contributed by atoms with Gasteiger partial charge in [0.1, 0.15) is 24.4 Å². The van der Waals surface area contributed by atoms with Crippen molar-refractivity contribution in [3.05, 3.63) is 53.6 Å². The van der Waals surface area contributed by atoms with E-state index < -0.39 is 0 Å². The van der Waals surface area contributed by atoms with Gasteiger partial charge in [-0.3, -0.25) is 9.69 Å². The second kappa shape index (κ2) is 8.90. The largest absolute Gasteiger partial charge is 0.494 e. The van der Waals surface area contributed by atoms with Gasteiger partial charge in [0.2, 0.25) is 0 Å². The quantitative estimate of drug-likeness (QED) is 0.674.